The molecule has 0 unspecified atom stereocenters. The summed E-state index contributed by atoms with van der Waals surface area (Å²) in [7, 11) is 1.57. The number of ether oxygens (including phenoxy) is 2. The van der Waals surface area contributed by atoms with Gasteiger partial charge in [0.25, 0.3) is 5.91 Å². The Morgan fingerprint density at radius 2 is 1.91 bits per heavy atom. The largest absolute Gasteiger partial charge is 0.493 e. The minimum Gasteiger partial charge on any atom is -0.493 e. The van der Waals surface area contributed by atoms with Crippen molar-refractivity contribution >= 4 is 17.5 Å². The third-order valence-electron chi connectivity index (χ3n) is 3.66. The van der Waals surface area contributed by atoms with Crippen molar-refractivity contribution in [3.8, 4) is 11.5 Å². The standard InChI is InChI=1S/C17H15ClFNO3/c1-22-15-4-2-3-5-16(15)23-12-9-20(10-12)17(21)13-7-6-11(18)8-14(13)19/h2-8,12H,9-10H2,1H3. The number of amides is 1. The summed E-state index contributed by atoms with van der Waals surface area (Å²) in [5.41, 5.74) is 0.0186. The Morgan fingerprint density at radius 3 is 2.57 bits per heavy atom. The number of likely N-dealkylation sites (tertiary alicyclic amines) is 1. The number of para-hydroxylation sites is 2. The van der Waals surface area contributed by atoms with Crippen LogP contribution < -0.4 is 9.47 Å². The first-order chi connectivity index (χ1) is 11.1. The molecular weight excluding hydrogens is 321 g/mol. The number of carbonyl (C=O) groups excluding carboxylic acids is 1. The van der Waals surface area contributed by atoms with E-state index in [2.05, 4.69) is 0 Å². The zero-order valence-corrected chi connectivity index (χ0v) is 13.2. The molecule has 6 heteroatoms. The van der Waals surface area contributed by atoms with Gasteiger partial charge in [-0.15, -0.1) is 0 Å². The number of benzene rings is 2. The predicted molar refractivity (Wildman–Crippen MR) is 84.7 cm³/mol. The molecule has 23 heavy (non-hydrogen) atoms. The van der Waals surface area contributed by atoms with E-state index in [0.29, 0.717) is 24.6 Å². The van der Waals surface area contributed by atoms with E-state index < -0.39 is 5.82 Å². The van der Waals surface area contributed by atoms with Crippen molar-refractivity contribution in [1.82, 2.24) is 4.90 Å². The first-order valence-corrected chi connectivity index (χ1v) is 7.50. The molecule has 1 aliphatic rings. The molecule has 0 radical (unpaired) electrons. The van der Waals surface area contributed by atoms with Gasteiger partial charge >= 0.3 is 0 Å². The molecule has 0 aromatic heterocycles. The van der Waals surface area contributed by atoms with Crippen LogP contribution >= 0.6 is 11.6 Å². The van der Waals surface area contributed by atoms with Gasteiger partial charge in [-0.3, -0.25) is 4.79 Å². The monoisotopic (exact) mass is 335 g/mol. The van der Waals surface area contributed by atoms with E-state index in [4.69, 9.17) is 21.1 Å². The molecule has 0 N–H and O–H groups in total. The number of hydrogen-bond acceptors (Lipinski definition) is 3. The Morgan fingerprint density at radius 1 is 1.22 bits per heavy atom. The normalized spacial score (nSPS) is 14.3. The number of hydrogen-bond donors (Lipinski definition) is 0. The zero-order chi connectivity index (χ0) is 16.4. The van der Waals surface area contributed by atoms with E-state index in [1.54, 1.807) is 13.2 Å². The highest BCUT2D eigenvalue weighted by molar-refractivity contribution is 6.30. The summed E-state index contributed by atoms with van der Waals surface area (Å²) < 4.78 is 24.8. The lowest BCUT2D eigenvalue weighted by Gasteiger charge is -2.39. The number of carbonyl (C=O) groups is 1. The van der Waals surface area contributed by atoms with Gasteiger partial charge in [-0.2, -0.15) is 0 Å². The Labute approximate surface area is 138 Å². The molecule has 1 heterocycles. The highest BCUT2D eigenvalue weighted by atomic mass is 35.5. The fourth-order valence-electron chi connectivity index (χ4n) is 2.41. The van der Waals surface area contributed by atoms with Gasteiger partial charge in [0.1, 0.15) is 11.9 Å². The molecule has 2 aromatic rings. The van der Waals surface area contributed by atoms with Crippen LogP contribution in [0.15, 0.2) is 42.5 Å². The van der Waals surface area contributed by atoms with Crippen molar-refractivity contribution in [2.24, 2.45) is 0 Å². The van der Waals surface area contributed by atoms with Gasteiger partial charge in [0.2, 0.25) is 0 Å². The number of nitrogens with zero attached hydrogens (tertiary/aromatic N) is 1. The number of rotatable bonds is 4. The third kappa shape index (κ3) is 3.24. The van der Waals surface area contributed by atoms with Gasteiger partial charge in [0, 0.05) is 5.02 Å². The van der Waals surface area contributed by atoms with Gasteiger partial charge in [-0.1, -0.05) is 23.7 Å². The third-order valence-corrected chi connectivity index (χ3v) is 3.89. The number of halogens is 2. The minimum atomic E-state index is -0.614. The molecule has 0 bridgehead atoms. The molecular formula is C17H15ClFNO3. The lowest BCUT2D eigenvalue weighted by molar-refractivity contribution is 0.0165. The van der Waals surface area contributed by atoms with Gasteiger partial charge in [-0.05, 0) is 30.3 Å². The lowest BCUT2D eigenvalue weighted by Crippen LogP contribution is -2.56. The van der Waals surface area contributed by atoms with Crippen LogP contribution in [0.3, 0.4) is 0 Å². The highest BCUT2D eigenvalue weighted by Crippen LogP contribution is 2.29. The van der Waals surface area contributed by atoms with Crippen LogP contribution in [0.4, 0.5) is 4.39 Å². The van der Waals surface area contributed by atoms with Crippen LogP contribution in [0.1, 0.15) is 10.4 Å². The van der Waals surface area contributed by atoms with Crippen LogP contribution in [-0.2, 0) is 0 Å². The van der Waals surface area contributed by atoms with E-state index >= 15 is 0 Å². The molecule has 120 valence electrons. The van der Waals surface area contributed by atoms with Gasteiger partial charge < -0.3 is 14.4 Å². The molecule has 1 amide bonds. The Bertz CT molecular complexity index is 732. The van der Waals surface area contributed by atoms with Gasteiger partial charge in [0.15, 0.2) is 11.5 Å². The second kappa shape index (κ2) is 6.46. The zero-order valence-electron chi connectivity index (χ0n) is 12.5. The summed E-state index contributed by atoms with van der Waals surface area (Å²) in [5, 5.41) is 0.264. The van der Waals surface area contributed by atoms with Gasteiger partial charge in [0.05, 0.1) is 25.8 Å². The van der Waals surface area contributed by atoms with Crippen LogP contribution in [0, 0.1) is 5.82 Å². The maximum Gasteiger partial charge on any atom is 0.257 e. The average Bonchev–Trinajstić information content (AvgIpc) is 2.50. The van der Waals surface area contributed by atoms with E-state index in [1.165, 1.54) is 17.0 Å². The molecule has 0 atom stereocenters. The topological polar surface area (TPSA) is 38.8 Å². The minimum absolute atomic E-state index is 0.0186. The molecule has 1 saturated heterocycles. The molecule has 0 saturated carbocycles. The smallest absolute Gasteiger partial charge is 0.257 e. The maximum atomic E-state index is 13.8. The molecule has 3 rings (SSSR count). The highest BCUT2D eigenvalue weighted by Gasteiger charge is 2.34. The van der Waals surface area contributed by atoms with Crippen molar-refractivity contribution in [3.05, 3.63) is 58.9 Å². The van der Waals surface area contributed by atoms with Crippen molar-refractivity contribution in [2.45, 2.75) is 6.10 Å². The lowest BCUT2D eigenvalue weighted by atomic mass is 10.1. The first-order valence-electron chi connectivity index (χ1n) is 7.12. The van der Waals surface area contributed by atoms with Crippen LogP contribution in [0.5, 0.6) is 11.5 Å². The summed E-state index contributed by atoms with van der Waals surface area (Å²) in [6, 6.07) is 11.3. The molecule has 1 fully saturated rings. The van der Waals surface area contributed by atoms with E-state index in [9.17, 15) is 9.18 Å². The number of methoxy groups -OCH3 is 1. The molecule has 0 spiro atoms. The Hall–Kier alpha value is -2.27. The molecule has 1 aliphatic heterocycles. The van der Waals surface area contributed by atoms with Crippen LogP contribution in [0.2, 0.25) is 5.02 Å². The van der Waals surface area contributed by atoms with Crippen molar-refractivity contribution in [1.29, 1.82) is 0 Å². The Balaban J connectivity index is 1.61. The summed E-state index contributed by atoms with van der Waals surface area (Å²) in [4.78, 5) is 13.8. The predicted octanol–water partition coefficient (Wildman–Crippen LogP) is 3.39. The van der Waals surface area contributed by atoms with Crippen molar-refractivity contribution in [2.75, 3.05) is 20.2 Å². The van der Waals surface area contributed by atoms with E-state index in [1.807, 2.05) is 18.2 Å². The summed E-state index contributed by atoms with van der Waals surface area (Å²) in [6.45, 7) is 0.803. The SMILES string of the molecule is COc1ccccc1OC1CN(C(=O)c2ccc(Cl)cc2F)C1. The summed E-state index contributed by atoms with van der Waals surface area (Å²) in [5.74, 6) is 0.293. The molecule has 4 nitrogen and oxygen atoms in total. The van der Waals surface area contributed by atoms with E-state index in [0.717, 1.165) is 6.07 Å². The summed E-state index contributed by atoms with van der Waals surface area (Å²) in [6.07, 6.45) is -0.134. The van der Waals surface area contributed by atoms with E-state index in [-0.39, 0.29) is 22.6 Å². The first kappa shape index (κ1) is 15.6. The quantitative estimate of drug-likeness (QED) is 0.859. The van der Waals surface area contributed by atoms with Crippen LogP contribution in [-0.4, -0.2) is 37.1 Å². The molecule has 0 aliphatic carbocycles. The average molecular weight is 336 g/mol. The summed E-state index contributed by atoms with van der Waals surface area (Å²) >= 11 is 5.69. The van der Waals surface area contributed by atoms with Crippen LogP contribution in [0.25, 0.3) is 0 Å². The second-order valence-corrected chi connectivity index (χ2v) is 5.66. The Kier molecular flexibility index (Phi) is 4.39. The van der Waals surface area contributed by atoms with Crippen molar-refractivity contribution in [3.63, 3.8) is 0 Å². The fourth-order valence-corrected chi connectivity index (χ4v) is 2.57. The van der Waals surface area contributed by atoms with Gasteiger partial charge in [-0.25, -0.2) is 4.39 Å². The van der Waals surface area contributed by atoms with Crippen molar-refractivity contribution < 1.29 is 18.7 Å². The molecule has 2 aromatic carbocycles. The maximum absolute atomic E-state index is 13.8. The second-order valence-electron chi connectivity index (χ2n) is 5.23. The fraction of sp³-hybridized carbons (Fsp3) is 0.235.